The largest absolute Gasteiger partial charge is 0.480 e. The standard InChI is InChI=1S/C19H17N5O2S/c1-10-23-17(9-27-10)18(25)24-16-5-11(3-13-6-21-8-14(13)16)12-4-15(20)19(26-2)22-7-12/h3-5,7-9H,6,20H2,1-2H3,(H,24,25). The number of methoxy groups -OCH3 is 1. The van der Waals surface area contributed by atoms with E-state index >= 15 is 0 Å². The molecule has 27 heavy (non-hydrogen) atoms. The molecule has 3 N–H and O–H groups in total. The highest BCUT2D eigenvalue weighted by Gasteiger charge is 2.18. The molecule has 1 amide bonds. The molecule has 0 atom stereocenters. The number of aromatic nitrogens is 2. The van der Waals surface area contributed by atoms with Crippen LogP contribution in [-0.4, -0.2) is 29.2 Å². The van der Waals surface area contributed by atoms with Crippen molar-refractivity contribution in [1.82, 2.24) is 9.97 Å². The van der Waals surface area contributed by atoms with Crippen molar-refractivity contribution in [1.29, 1.82) is 0 Å². The summed E-state index contributed by atoms with van der Waals surface area (Å²) >= 11 is 1.44. The number of thiazole rings is 1. The van der Waals surface area contributed by atoms with Crippen LogP contribution in [0.1, 0.15) is 26.6 Å². The quantitative estimate of drug-likeness (QED) is 0.724. The van der Waals surface area contributed by atoms with Crippen LogP contribution in [0.5, 0.6) is 5.88 Å². The summed E-state index contributed by atoms with van der Waals surface area (Å²) in [5, 5.41) is 5.55. The van der Waals surface area contributed by atoms with E-state index in [9.17, 15) is 4.79 Å². The van der Waals surface area contributed by atoms with Gasteiger partial charge in [0.15, 0.2) is 0 Å². The number of aliphatic imine (C=N–C) groups is 1. The van der Waals surface area contributed by atoms with Crippen molar-refractivity contribution in [2.24, 2.45) is 4.99 Å². The van der Waals surface area contributed by atoms with Gasteiger partial charge in [0, 0.05) is 28.9 Å². The number of hydrogen-bond donors (Lipinski definition) is 2. The summed E-state index contributed by atoms with van der Waals surface area (Å²) in [5.74, 6) is 0.141. The number of hydrogen-bond acceptors (Lipinski definition) is 7. The van der Waals surface area contributed by atoms with E-state index < -0.39 is 0 Å². The Kier molecular flexibility index (Phi) is 4.33. The molecule has 0 bridgehead atoms. The van der Waals surface area contributed by atoms with Crippen LogP contribution in [0.2, 0.25) is 0 Å². The maximum Gasteiger partial charge on any atom is 0.275 e. The van der Waals surface area contributed by atoms with Crippen LogP contribution in [0.25, 0.3) is 11.1 Å². The number of nitrogens with one attached hydrogen (secondary N) is 1. The Morgan fingerprint density at radius 3 is 2.85 bits per heavy atom. The van der Waals surface area contributed by atoms with Crippen LogP contribution in [0.15, 0.2) is 34.8 Å². The lowest BCUT2D eigenvalue weighted by Gasteiger charge is -2.13. The zero-order chi connectivity index (χ0) is 19.0. The number of anilines is 2. The van der Waals surface area contributed by atoms with Gasteiger partial charge < -0.3 is 15.8 Å². The fourth-order valence-corrected chi connectivity index (χ4v) is 3.55. The molecule has 0 radical (unpaired) electrons. The van der Waals surface area contributed by atoms with Crippen molar-refractivity contribution in [3.05, 3.63) is 51.6 Å². The van der Waals surface area contributed by atoms with Gasteiger partial charge in [-0.05, 0) is 36.2 Å². The summed E-state index contributed by atoms with van der Waals surface area (Å²) in [5.41, 5.74) is 11.2. The smallest absolute Gasteiger partial charge is 0.275 e. The predicted octanol–water partition coefficient (Wildman–Crippen LogP) is 3.29. The summed E-state index contributed by atoms with van der Waals surface area (Å²) in [4.78, 5) is 25.4. The van der Waals surface area contributed by atoms with E-state index in [2.05, 4.69) is 20.3 Å². The molecular formula is C19H17N5O2S. The first kappa shape index (κ1) is 17.2. The Morgan fingerprint density at radius 1 is 1.30 bits per heavy atom. The second-order valence-electron chi connectivity index (χ2n) is 6.09. The molecule has 7 nitrogen and oxygen atoms in total. The van der Waals surface area contributed by atoms with Crippen molar-refractivity contribution in [3.8, 4) is 17.0 Å². The minimum atomic E-state index is -0.244. The van der Waals surface area contributed by atoms with Crippen molar-refractivity contribution in [2.45, 2.75) is 13.5 Å². The van der Waals surface area contributed by atoms with Crippen molar-refractivity contribution >= 4 is 34.8 Å². The number of aryl methyl sites for hydroxylation is 1. The minimum absolute atomic E-state index is 0.244. The van der Waals surface area contributed by atoms with Crippen LogP contribution in [-0.2, 0) is 6.54 Å². The first-order valence-electron chi connectivity index (χ1n) is 8.25. The van der Waals surface area contributed by atoms with Gasteiger partial charge in [0.2, 0.25) is 5.88 Å². The molecule has 3 aromatic rings. The maximum atomic E-state index is 12.6. The molecule has 0 saturated carbocycles. The highest BCUT2D eigenvalue weighted by molar-refractivity contribution is 7.09. The van der Waals surface area contributed by atoms with Gasteiger partial charge in [-0.15, -0.1) is 11.3 Å². The number of fused-ring (bicyclic) bond motifs is 1. The molecule has 0 aliphatic carbocycles. The summed E-state index contributed by atoms with van der Waals surface area (Å²) in [6.07, 6.45) is 3.48. The third-order valence-corrected chi connectivity index (χ3v) is 5.03. The van der Waals surface area contributed by atoms with E-state index in [1.165, 1.54) is 18.4 Å². The van der Waals surface area contributed by atoms with Crippen LogP contribution in [0.3, 0.4) is 0 Å². The minimum Gasteiger partial charge on any atom is -0.480 e. The van der Waals surface area contributed by atoms with Gasteiger partial charge in [-0.2, -0.15) is 0 Å². The number of benzene rings is 1. The molecule has 2 aromatic heterocycles. The zero-order valence-corrected chi connectivity index (χ0v) is 15.6. The van der Waals surface area contributed by atoms with Gasteiger partial charge in [-0.3, -0.25) is 9.79 Å². The topological polar surface area (TPSA) is 102 Å². The first-order valence-corrected chi connectivity index (χ1v) is 9.13. The van der Waals surface area contributed by atoms with Gasteiger partial charge >= 0.3 is 0 Å². The Balaban J connectivity index is 1.72. The van der Waals surface area contributed by atoms with Crippen molar-refractivity contribution in [3.63, 3.8) is 0 Å². The molecule has 1 aliphatic rings. The number of pyridine rings is 1. The monoisotopic (exact) mass is 379 g/mol. The lowest BCUT2D eigenvalue weighted by Crippen LogP contribution is -2.14. The van der Waals surface area contributed by atoms with E-state index in [0.717, 1.165) is 27.3 Å². The van der Waals surface area contributed by atoms with E-state index in [0.29, 0.717) is 29.5 Å². The van der Waals surface area contributed by atoms with E-state index in [1.54, 1.807) is 23.9 Å². The fourth-order valence-electron chi connectivity index (χ4n) is 2.95. The second-order valence-corrected chi connectivity index (χ2v) is 7.16. The maximum absolute atomic E-state index is 12.6. The van der Waals surface area contributed by atoms with Crippen LogP contribution < -0.4 is 15.8 Å². The molecule has 8 heteroatoms. The molecule has 1 aromatic carbocycles. The van der Waals surface area contributed by atoms with Gasteiger partial charge in [-0.1, -0.05) is 0 Å². The third kappa shape index (κ3) is 3.26. The molecule has 0 fully saturated rings. The summed E-state index contributed by atoms with van der Waals surface area (Å²) in [6.45, 7) is 2.44. The number of rotatable bonds is 4. The van der Waals surface area contributed by atoms with Gasteiger partial charge in [0.05, 0.1) is 30.0 Å². The Hall–Kier alpha value is -3.26. The first-order chi connectivity index (χ1) is 13.0. The Morgan fingerprint density at radius 2 is 2.15 bits per heavy atom. The van der Waals surface area contributed by atoms with E-state index in [-0.39, 0.29) is 5.91 Å². The van der Waals surface area contributed by atoms with Crippen LogP contribution >= 0.6 is 11.3 Å². The average Bonchev–Trinajstić information content (AvgIpc) is 3.30. The normalized spacial score (nSPS) is 12.1. The molecule has 0 unspecified atom stereocenters. The van der Waals surface area contributed by atoms with Crippen LogP contribution in [0, 0.1) is 6.92 Å². The number of carbonyl (C=O) groups excluding carboxylic acids is 1. The molecule has 0 saturated heterocycles. The third-order valence-electron chi connectivity index (χ3n) is 4.25. The zero-order valence-electron chi connectivity index (χ0n) is 14.8. The summed E-state index contributed by atoms with van der Waals surface area (Å²) in [6, 6.07) is 5.74. The Bertz CT molecular complexity index is 1070. The second kappa shape index (κ2) is 6.81. The number of nitrogens with two attached hydrogens (primary N) is 1. The lowest BCUT2D eigenvalue weighted by atomic mass is 9.99. The fraction of sp³-hybridized carbons (Fsp3) is 0.158. The molecule has 136 valence electrons. The van der Waals surface area contributed by atoms with Crippen molar-refractivity contribution in [2.75, 3.05) is 18.2 Å². The number of nitrogen functional groups attached to an aromatic ring is 1. The van der Waals surface area contributed by atoms with E-state index in [4.69, 9.17) is 10.5 Å². The van der Waals surface area contributed by atoms with Crippen LogP contribution in [0.4, 0.5) is 11.4 Å². The predicted molar refractivity (Wildman–Crippen MR) is 107 cm³/mol. The number of nitrogens with zero attached hydrogens (tertiary/aromatic N) is 3. The van der Waals surface area contributed by atoms with E-state index in [1.807, 2.05) is 19.1 Å². The lowest BCUT2D eigenvalue weighted by molar-refractivity contribution is 0.102. The summed E-state index contributed by atoms with van der Waals surface area (Å²) < 4.78 is 5.12. The molecule has 0 spiro atoms. The Labute approximate surface area is 160 Å². The van der Waals surface area contributed by atoms with Gasteiger partial charge in [-0.25, -0.2) is 9.97 Å². The van der Waals surface area contributed by atoms with Gasteiger partial charge in [0.1, 0.15) is 5.69 Å². The highest BCUT2D eigenvalue weighted by Crippen LogP contribution is 2.33. The number of amides is 1. The molecular weight excluding hydrogens is 362 g/mol. The average molecular weight is 379 g/mol. The van der Waals surface area contributed by atoms with Crippen molar-refractivity contribution < 1.29 is 9.53 Å². The van der Waals surface area contributed by atoms with Gasteiger partial charge in [0.25, 0.3) is 5.91 Å². The highest BCUT2D eigenvalue weighted by atomic mass is 32.1. The molecule has 4 rings (SSSR count). The summed E-state index contributed by atoms with van der Waals surface area (Å²) in [7, 11) is 1.53. The SMILES string of the molecule is COc1ncc(-c2cc3c(c(NC(=O)c4csc(C)n4)c2)C=NC3)cc1N. The molecule has 1 aliphatic heterocycles. The molecule has 3 heterocycles. The number of carbonyl (C=O) groups is 1. The number of ether oxygens (including phenoxy) is 1.